The number of thioether (sulfide) groups is 1. The average Bonchev–Trinajstić information content (AvgIpc) is 3.18. The summed E-state index contributed by atoms with van der Waals surface area (Å²) in [5, 5.41) is 3.62. The van der Waals surface area contributed by atoms with Gasteiger partial charge in [-0.3, -0.25) is 4.79 Å². The number of aryl methyl sites for hydroxylation is 1. The van der Waals surface area contributed by atoms with Gasteiger partial charge in [-0.25, -0.2) is 9.97 Å². The molecular weight excluding hydrogens is 312 g/mol. The van der Waals surface area contributed by atoms with Crippen LogP contribution in [-0.4, -0.2) is 36.0 Å². The van der Waals surface area contributed by atoms with Gasteiger partial charge in [0.1, 0.15) is 11.6 Å². The predicted octanol–water partition coefficient (Wildman–Crippen LogP) is 2.63. The van der Waals surface area contributed by atoms with Crippen molar-refractivity contribution in [3.8, 4) is 0 Å². The van der Waals surface area contributed by atoms with Crippen LogP contribution in [0.25, 0.3) is 0 Å². The largest absolute Gasteiger partial charge is 0.455 e. The van der Waals surface area contributed by atoms with Crippen LogP contribution in [0, 0.1) is 6.92 Å². The molecule has 1 amide bonds. The number of nitrogens with one attached hydrogen (secondary N) is 1. The third-order valence-electron chi connectivity index (χ3n) is 3.42. The molecule has 1 aliphatic rings. The van der Waals surface area contributed by atoms with Crippen molar-refractivity contribution in [3.63, 3.8) is 0 Å². The van der Waals surface area contributed by atoms with Crippen LogP contribution in [-0.2, 0) is 5.75 Å². The second-order valence-electron chi connectivity index (χ2n) is 5.85. The van der Waals surface area contributed by atoms with E-state index in [4.69, 9.17) is 4.42 Å². The van der Waals surface area contributed by atoms with E-state index < -0.39 is 0 Å². The molecule has 0 aromatic carbocycles. The van der Waals surface area contributed by atoms with Gasteiger partial charge in [-0.1, -0.05) is 11.8 Å². The van der Waals surface area contributed by atoms with Crippen LogP contribution >= 0.6 is 11.8 Å². The van der Waals surface area contributed by atoms with Crippen molar-refractivity contribution in [1.82, 2.24) is 15.3 Å². The van der Waals surface area contributed by atoms with E-state index >= 15 is 0 Å². The molecule has 0 atom stereocenters. The second kappa shape index (κ2) is 6.62. The molecule has 0 unspecified atom stereocenters. The molecule has 7 heteroatoms. The van der Waals surface area contributed by atoms with Crippen molar-refractivity contribution in [3.05, 3.63) is 35.4 Å². The maximum absolute atomic E-state index is 11.9. The lowest BCUT2D eigenvalue weighted by Crippen LogP contribution is -2.24. The highest BCUT2D eigenvalue weighted by Gasteiger charge is 2.25. The average molecular weight is 332 g/mol. The number of aromatic nitrogens is 2. The summed E-state index contributed by atoms with van der Waals surface area (Å²) in [5.74, 6) is 2.45. The Bertz CT molecular complexity index is 710. The normalized spacial score (nSPS) is 13.9. The van der Waals surface area contributed by atoms with Crippen molar-refractivity contribution in [2.75, 3.05) is 19.0 Å². The quantitative estimate of drug-likeness (QED) is 0.648. The van der Waals surface area contributed by atoms with E-state index in [9.17, 15) is 4.79 Å². The van der Waals surface area contributed by atoms with Crippen LogP contribution in [0.4, 0.5) is 5.82 Å². The Morgan fingerprint density at radius 2 is 2.17 bits per heavy atom. The van der Waals surface area contributed by atoms with E-state index in [-0.39, 0.29) is 5.91 Å². The molecule has 0 aliphatic heterocycles. The predicted molar refractivity (Wildman–Crippen MR) is 89.9 cm³/mol. The Kier molecular flexibility index (Phi) is 4.56. The molecule has 0 bridgehead atoms. The van der Waals surface area contributed by atoms with Gasteiger partial charge in [0.05, 0.1) is 5.75 Å². The van der Waals surface area contributed by atoms with E-state index in [2.05, 4.69) is 15.3 Å². The van der Waals surface area contributed by atoms with Crippen molar-refractivity contribution in [2.45, 2.75) is 36.7 Å². The first kappa shape index (κ1) is 15.9. The third-order valence-corrected chi connectivity index (χ3v) is 4.29. The Balaban J connectivity index is 1.62. The number of amides is 1. The number of furan rings is 1. The standard InChI is InChI=1S/C16H20N4O2S/c1-10-8-14(20(2)3)19-16(17-10)23-9-12-6-7-13(22-12)15(21)18-11-4-5-11/h6-8,11H,4-5,9H2,1-3H3,(H,18,21). The molecule has 122 valence electrons. The van der Waals surface area contributed by atoms with Gasteiger partial charge in [0.15, 0.2) is 10.9 Å². The zero-order valence-corrected chi connectivity index (χ0v) is 14.3. The fourth-order valence-electron chi connectivity index (χ4n) is 2.02. The van der Waals surface area contributed by atoms with E-state index in [1.807, 2.05) is 38.1 Å². The molecule has 1 saturated carbocycles. The van der Waals surface area contributed by atoms with Gasteiger partial charge < -0.3 is 14.6 Å². The highest BCUT2D eigenvalue weighted by molar-refractivity contribution is 7.98. The zero-order chi connectivity index (χ0) is 16.4. The van der Waals surface area contributed by atoms with Crippen LogP contribution in [0.3, 0.4) is 0 Å². The SMILES string of the molecule is Cc1cc(N(C)C)nc(SCc2ccc(C(=O)NC3CC3)o2)n1. The Morgan fingerprint density at radius 1 is 1.39 bits per heavy atom. The minimum absolute atomic E-state index is 0.134. The fraction of sp³-hybridized carbons (Fsp3) is 0.438. The summed E-state index contributed by atoms with van der Waals surface area (Å²) in [6.07, 6.45) is 2.13. The molecule has 2 aromatic heterocycles. The summed E-state index contributed by atoms with van der Waals surface area (Å²) >= 11 is 1.50. The lowest BCUT2D eigenvalue weighted by Gasteiger charge is -2.12. The second-order valence-corrected chi connectivity index (χ2v) is 6.79. The molecule has 1 aliphatic carbocycles. The monoisotopic (exact) mass is 332 g/mol. The van der Waals surface area contributed by atoms with E-state index in [0.717, 1.165) is 30.1 Å². The van der Waals surface area contributed by atoms with Crippen molar-refractivity contribution >= 4 is 23.5 Å². The minimum atomic E-state index is -0.134. The van der Waals surface area contributed by atoms with Gasteiger partial charge >= 0.3 is 0 Å². The van der Waals surface area contributed by atoms with Gasteiger partial charge in [0.2, 0.25) is 0 Å². The first-order valence-corrected chi connectivity index (χ1v) is 8.55. The molecular formula is C16H20N4O2S. The first-order chi connectivity index (χ1) is 11.0. The van der Waals surface area contributed by atoms with Crippen LogP contribution < -0.4 is 10.2 Å². The molecule has 0 radical (unpaired) electrons. The lowest BCUT2D eigenvalue weighted by atomic mass is 10.4. The molecule has 0 spiro atoms. The van der Waals surface area contributed by atoms with Crippen LogP contribution in [0.2, 0.25) is 0 Å². The van der Waals surface area contributed by atoms with Gasteiger partial charge in [-0.15, -0.1) is 0 Å². The van der Waals surface area contributed by atoms with Crippen LogP contribution in [0.5, 0.6) is 0 Å². The molecule has 6 nitrogen and oxygen atoms in total. The molecule has 1 fully saturated rings. The maximum atomic E-state index is 11.9. The summed E-state index contributed by atoms with van der Waals surface area (Å²) in [6, 6.07) is 5.82. The zero-order valence-electron chi connectivity index (χ0n) is 13.5. The van der Waals surface area contributed by atoms with E-state index in [0.29, 0.717) is 22.7 Å². The summed E-state index contributed by atoms with van der Waals surface area (Å²) in [4.78, 5) is 22.8. The highest BCUT2D eigenvalue weighted by Crippen LogP contribution is 2.24. The number of rotatable bonds is 6. The number of carbonyl (C=O) groups is 1. The highest BCUT2D eigenvalue weighted by atomic mass is 32.2. The number of hydrogen-bond acceptors (Lipinski definition) is 6. The fourth-order valence-corrected chi connectivity index (χ4v) is 2.81. The Hall–Kier alpha value is -2.02. The van der Waals surface area contributed by atoms with Crippen molar-refractivity contribution < 1.29 is 9.21 Å². The molecule has 23 heavy (non-hydrogen) atoms. The van der Waals surface area contributed by atoms with Gasteiger partial charge in [-0.05, 0) is 31.9 Å². The Labute approximate surface area is 139 Å². The third kappa shape index (κ3) is 4.25. The summed E-state index contributed by atoms with van der Waals surface area (Å²) < 4.78 is 5.60. The molecule has 2 aromatic rings. The van der Waals surface area contributed by atoms with Gasteiger partial charge in [0, 0.05) is 31.9 Å². The van der Waals surface area contributed by atoms with Crippen molar-refractivity contribution in [1.29, 1.82) is 0 Å². The molecule has 1 N–H and O–H groups in total. The lowest BCUT2D eigenvalue weighted by molar-refractivity contribution is 0.0922. The van der Waals surface area contributed by atoms with E-state index in [1.165, 1.54) is 11.8 Å². The van der Waals surface area contributed by atoms with Crippen LogP contribution in [0.15, 0.2) is 27.8 Å². The molecule has 2 heterocycles. The first-order valence-electron chi connectivity index (χ1n) is 7.56. The topological polar surface area (TPSA) is 71.3 Å². The van der Waals surface area contributed by atoms with E-state index in [1.54, 1.807) is 6.07 Å². The van der Waals surface area contributed by atoms with Gasteiger partial charge in [0.25, 0.3) is 5.91 Å². The van der Waals surface area contributed by atoms with Crippen LogP contribution in [0.1, 0.15) is 34.9 Å². The number of carbonyl (C=O) groups excluding carboxylic acids is 1. The smallest absolute Gasteiger partial charge is 0.287 e. The molecule has 3 rings (SSSR count). The number of nitrogens with zero attached hydrogens (tertiary/aromatic N) is 3. The summed E-state index contributed by atoms with van der Waals surface area (Å²) in [6.45, 7) is 1.95. The summed E-state index contributed by atoms with van der Waals surface area (Å²) in [5.41, 5.74) is 0.926. The van der Waals surface area contributed by atoms with Crippen molar-refractivity contribution in [2.24, 2.45) is 0 Å². The maximum Gasteiger partial charge on any atom is 0.287 e. The molecule has 0 saturated heterocycles. The minimum Gasteiger partial charge on any atom is -0.455 e. The summed E-state index contributed by atoms with van der Waals surface area (Å²) in [7, 11) is 3.90. The Morgan fingerprint density at radius 3 is 2.87 bits per heavy atom. The van der Waals surface area contributed by atoms with Gasteiger partial charge in [-0.2, -0.15) is 0 Å². The number of hydrogen-bond donors (Lipinski definition) is 1. The number of anilines is 1.